The van der Waals surface area contributed by atoms with Crippen LogP contribution in [0.15, 0.2) is 30.5 Å². The van der Waals surface area contributed by atoms with E-state index >= 15 is 0 Å². The topological polar surface area (TPSA) is 64.2 Å². The first kappa shape index (κ1) is 16.0. The zero-order chi connectivity index (χ0) is 16.6. The van der Waals surface area contributed by atoms with Gasteiger partial charge in [0, 0.05) is 31.4 Å². The van der Waals surface area contributed by atoms with Gasteiger partial charge in [-0.1, -0.05) is 29.8 Å². The van der Waals surface area contributed by atoms with Crippen molar-refractivity contribution in [3.05, 3.63) is 41.0 Å². The van der Waals surface area contributed by atoms with Crippen molar-refractivity contribution < 1.29 is 4.79 Å². The van der Waals surface area contributed by atoms with Crippen LogP contribution in [0.4, 0.5) is 0 Å². The van der Waals surface area contributed by atoms with Crippen molar-refractivity contribution in [2.75, 3.05) is 13.1 Å². The van der Waals surface area contributed by atoms with Gasteiger partial charge >= 0.3 is 0 Å². The summed E-state index contributed by atoms with van der Waals surface area (Å²) in [5, 5.41) is 5.05. The van der Waals surface area contributed by atoms with E-state index in [-0.39, 0.29) is 11.9 Å². The molecule has 0 saturated carbocycles. The molecule has 6 heteroatoms. The lowest BCUT2D eigenvalue weighted by Crippen LogP contribution is -2.34. The van der Waals surface area contributed by atoms with Gasteiger partial charge < -0.3 is 10.6 Å². The average Bonchev–Trinajstić information content (AvgIpc) is 3.10. The van der Waals surface area contributed by atoms with Gasteiger partial charge in [0.15, 0.2) is 0 Å². The van der Waals surface area contributed by atoms with Crippen LogP contribution in [0.25, 0.3) is 11.3 Å². The Labute approximate surface area is 141 Å². The molecule has 3 rings (SSSR count). The van der Waals surface area contributed by atoms with Crippen LogP contribution in [0, 0.1) is 5.92 Å². The van der Waals surface area contributed by atoms with Crippen LogP contribution in [0.1, 0.15) is 23.7 Å². The Morgan fingerprint density at radius 2 is 2.17 bits per heavy atom. The predicted molar refractivity (Wildman–Crippen MR) is 91.3 cm³/mol. The maximum absolute atomic E-state index is 13.0. The fraction of sp³-hybridized carbons (Fsp3) is 0.412. The Bertz CT molecular complexity index is 727. The van der Waals surface area contributed by atoms with Crippen LogP contribution in [0.2, 0.25) is 5.02 Å². The number of likely N-dealkylation sites (tertiary alicyclic amines) is 1. The molecule has 0 bridgehead atoms. The Balaban J connectivity index is 1.98. The summed E-state index contributed by atoms with van der Waals surface area (Å²) >= 11 is 6.29. The lowest BCUT2D eigenvalue weighted by atomic mass is 10.1. The number of halogens is 1. The molecule has 2 aromatic rings. The molecule has 5 nitrogen and oxygen atoms in total. The van der Waals surface area contributed by atoms with Crippen LogP contribution in [-0.4, -0.2) is 39.7 Å². The van der Waals surface area contributed by atoms with Crippen LogP contribution in [0.5, 0.6) is 0 Å². The fourth-order valence-corrected chi connectivity index (χ4v) is 3.47. The maximum Gasteiger partial charge on any atom is 0.257 e. The molecule has 1 aliphatic rings. The highest BCUT2D eigenvalue weighted by atomic mass is 35.5. The quantitative estimate of drug-likeness (QED) is 0.939. The summed E-state index contributed by atoms with van der Waals surface area (Å²) in [6, 6.07) is 7.65. The first-order chi connectivity index (χ1) is 11.0. The Hall–Kier alpha value is -1.85. The molecule has 1 aromatic heterocycles. The summed E-state index contributed by atoms with van der Waals surface area (Å²) in [6.45, 7) is 3.38. The highest BCUT2D eigenvalue weighted by molar-refractivity contribution is 6.33. The van der Waals surface area contributed by atoms with Gasteiger partial charge in [-0.3, -0.25) is 9.48 Å². The highest BCUT2D eigenvalue weighted by Crippen LogP contribution is 2.31. The summed E-state index contributed by atoms with van der Waals surface area (Å²) in [7, 11) is 1.81. The number of aryl methyl sites for hydroxylation is 1. The summed E-state index contributed by atoms with van der Waals surface area (Å²) in [6.07, 6.45) is 2.72. The minimum atomic E-state index is -0.00327. The molecular formula is C17H21ClN4O. The molecule has 0 aliphatic carbocycles. The molecule has 2 unspecified atom stereocenters. The highest BCUT2D eigenvalue weighted by Gasteiger charge is 2.34. The summed E-state index contributed by atoms with van der Waals surface area (Å²) in [5.41, 5.74) is 7.77. The number of hydrogen-bond donors (Lipinski definition) is 1. The van der Waals surface area contributed by atoms with Crippen LogP contribution < -0.4 is 5.73 Å². The van der Waals surface area contributed by atoms with E-state index < -0.39 is 0 Å². The van der Waals surface area contributed by atoms with Gasteiger partial charge in [-0.05, 0) is 31.9 Å². The number of rotatable bonds is 3. The van der Waals surface area contributed by atoms with E-state index in [1.807, 2.05) is 36.2 Å². The first-order valence-corrected chi connectivity index (χ1v) is 8.18. The third-order valence-electron chi connectivity index (χ3n) is 4.44. The second-order valence-electron chi connectivity index (χ2n) is 6.19. The Kier molecular flexibility index (Phi) is 4.41. The molecule has 1 fully saturated rings. The van der Waals surface area contributed by atoms with Crippen molar-refractivity contribution in [3.8, 4) is 11.3 Å². The van der Waals surface area contributed by atoms with Gasteiger partial charge in [0.2, 0.25) is 0 Å². The number of amides is 1. The molecule has 2 heterocycles. The van der Waals surface area contributed by atoms with Crippen molar-refractivity contribution >= 4 is 17.5 Å². The third-order valence-corrected chi connectivity index (χ3v) is 4.77. The lowest BCUT2D eigenvalue weighted by molar-refractivity contribution is 0.0744. The number of carbonyl (C=O) groups excluding carboxylic acids is 1. The number of nitrogens with two attached hydrogens (primary N) is 1. The van der Waals surface area contributed by atoms with E-state index in [0.29, 0.717) is 35.3 Å². The second-order valence-corrected chi connectivity index (χ2v) is 6.60. The van der Waals surface area contributed by atoms with Gasteiger partial charge in [0.05, 0.1) is 10.6 Å². The molecule has 1 aromatic carbocycles. The molecule has 1 saturated heterocycles. The van der Waals surface area contributed by atoms with E-state index in [9.17, 15) is 4.79 Å². The summed E-state index contributed by atoms with van der Waals surface area (Å²) in [5.74, 6) is 0.367. The van der Waals surface area contributed by atoms with Crippen LogP contribution >= 0.6 is 11.6 Å². The Morgan fingerprint density at radius 3 is 2.83 bits per heavy atom. The summed E-state index contributed by atoms with van der Waals surface area (Å²) in [4.78, 5) is 14.9. The monoisotopic (exact) mass is 332 g/mol. The molecule has 2 atom stereocenters. The maximum atomic E-state index is 13.0. The predicted octanol–water partition coefficient (Wildman–Crippen LogP) is 2.55. The molecule has 122 valence electrons. The normalized spacial score (nSPS) is 21.0. The van der Waals surface area contributed by atoms with E-state index in [1.165, 1.54) is 0 Å². The molecule has 0 radical (unpaired) electrons. The third kappa shape index (κ3) is 2.99. The largest absolute Gasteiger partial charge is 0.335 e. The number of nitrogens with zero attached hydrogens (tertiary/aromatic N) is 3. The fourth-order valence-electron chi connectivity index (χ4n) is 3.25. The smallest absolute Gasteiger partial charge is 0.257 e. The lowest BCUT2D eigenvalue weighted by Gasteiger charge is -2.21. The van der Waals surface area contributed by atoms with E-state index in [0.717, 1.165) is 12.0 Å². The SMILES string of the molecule is CC1CC(CN)CN1C(=O)c1cn(C)nc1-c1ccccc1Cl. The first-order valence-electron chi connectivity index (χ1n) is 7.80. The number of benzene rings is 1. The molecular weight excluding hydrogens is 312 g/mol. The molecule has 23 heavy (non-hydrogen) atoms. The van der Waals surface area contributed by atoms with Gasteiger partial charge in [0.25, 0.3) is 5.91 Å². The van der Waals surface area contributed by atoms with Gasteiger partial charge in [-0.2, -0.15) is 5.10 Å². The van der Waals surface area contributed by atoms with Crippen LogP contribution in [-0.2, 0) is 7.05 Å². The number of hydrogen-bond acceptors (Lipinski definition) is 3. The summed E-state index contributed by atoms with van der Waals surface area (Å²) < 4.78 is 1.66. The number of carbonyl (C=O) groups is 1. The van der Waals surface area contributed by atoms with Gasteiger partial charge in [-0.15, -0.1) is 0 Å². The zero-order valence-electron chi connectivity index (χ0n) is 13.4. The van der Waals surface area contributed by atoms with E-state index in [2.05, 4.69) is 12.0 Å². The minimum Gasteiger partial charge on any atom is -0.335 e. The molecule has 2 N–H and O–H groups in total. The standard InChI is InChI=1S/C17H21ClN4O/c1-11-7-12(8-19)9-22(11)17(23)14-10-21(2)20-16(14)13-5-3-4-6-15(13)18/h3-6,10-12H,7-9,19H2,1-2H3. The van der Waals surface area contributed by atoms with Gasteiger partial charge in [0.1, 0.15) is 5.69 Å². The van der Waals surface area contributed by atoms with E-state index in [4.69, 9.17) is 17.3 Å². The second kappa shape index (κ2) is 6.34. The van der Waals surface area contributed by atoms with Crippen molar-refractivity contribution in [2.24, 2.45) is 18.7 Å². The van der Waals surface area contributed by atoms with Crippen molar-refractivity contribution in [1.82, 2.24) is 14.7 Å². The minimum absolute atomic E-state index is 0.00327. The number of aromatic nitrogens is 2. The zero-order valence-corrected chi connectivity index (χ0v) is 14.1. The van der Waals surface area contributed by atoms with Crippen molar-refractivity contribution in [1.29, 1.82) is 0 Å². The average molecular weight is 333 g/mol. The van der Waals surface area contributed by atoms with E-state index in [1.54, 1.807) is 10.9 Å². The molecule has 1 aliphatic heterocycles. The van der Waals surface area contributed by atoms with Gasteiger partial charge in [-0.25, -0.2) is 0 Å². The Morgan fingerprint density at radius 1 is 1.43 bits per heavy atom. The molecule has 0 spiro atoms. The van der Waals surface area contributed by atoms with Crippen LogP contribution in [0.3, 0.4) is 0 Å². The molecule has 1 amide bonds. The van der Waals surface area contributed by atoms with Crippen molar-refractivity contribution in [2.45, 2.75) is 19.4 Å². The van der Waals surface area contributed by atoms with Crippen molar-refractivity contribution in [3.63, 3.8) is 0 Å².